The second-order valence-electron chi connectivity index (χ2n) is 6.99. The molecule has 2 aromatic rings. The number of carbonyl (C=O) groups is 2. The van der Waals surface area contributed by atoms with Crippen molar-refractivity contribution in [3.8, 4) is 0 Å². The van der Waals surface area contributed by atoms with E-state index in [1.165, 1.54) is 18.2 Å². The van der Waals surface area contributed by atoms with Gasteiger partial charge < -0.3 is 10.2 Å². The first-order chi connectivity index (χ1) is 13.3. The molecule has 1 N–H and O–H groups in total. The zero-order valence-electron chi connectivity index (χ0n) is 15.5. The predicted octanol–water partition coefficient (Wildman–Crippen LogP) is 4.10. The van der Waals surface area contributed by atoms with E-state index in [9.17, 15) is 18.4 Å². The summed E-state index contributed by atoms with van der Waals surface area (Å²) in [5.74, 6) is -1.70. The molecule has 28 heavy (non-hydrogen) atoms. The molecule has 0 aromatic heterocycles. The van der Waals surface area contributed by atoms with E-state index in [1.807, 2.05) is 0 Å². The number of nitrogens with one attached hydrogen (secondary N) is 1. The van der Waals surface area contributed by atoms with E-state index in [4.69, 9.17) is 11.6 Å². The van der Waals surface area contributed by atoms with Gasteiger partial charge in [-0.1, -0.05) is 23.7 Å². The zero-order chi connectivity index (χ0) is 20.3. The Labute approximate surface area is 167 Å². The maximum atomic E-state index is 14.0. The third-order valence-corrected chi connectivity index (χ3v) is 5.25. The van der Waals surface area contributed by atoms with Crippen LogP contribution >= 0.6 is 11.6 Å². The number of piperidine rings is 1. The van der Waals surface area contributed by atoms with Crippen molar-refractivity contribution in [2.75, 3.05) is 13.1 Å². The molecule has 0 aliphatic carbocycles. The molecule has 7 heteroatoms. The number of carbonyl (C=O) groups excluding carboxylic acids is 2. The lowest BCUT2D eigenvalue weighted by Crippen LogP contribution is -2.43. The summed E-state index contributed by atoms with van der Waals surface area (Å²) in [6.45, 7) is 2.68. The van der Waals surface area contributed by atoms with Crippen molar-refractivity contribution in [2.45, 2.75) is 26.3 Å². The summed E-state index contributed by atoms with van der Waals surface area (Å²) >= 11 is 5.72. The van der Waals surface area contributed by atoms with Crippen molar-refractivity contribution in [2.24, 2.45) is 5.92 Å². The highest BCUT2D eigenvalue weighted by Gasteiger charge is 2.28. The molecule has 0 saturated carbocycles. The van der Waals surface area contributed by atoms with Crippen molar-refractivity contribution in [1.82, 2.24) is 10.2 Å². The molecular formula is C21H21ClF2N2O2. The van der Waals surface area contributed by atoms with Crippen LogP contribution in [0.1, 0.15) is 34.3 Å². The fraction of sp³-hybridized carbons (Fsp3) is 0.333. The number of halogens is 3. The second-order valence-corrected chi connectivity index (χ2v) is 7.43. The summed E-state index contributed by atoms with van der Waals surface area (Å²) in [6.07, 6.45) is 0.990. The SMILES string of the molecule is Cc1ccc(CNC(=O)C2CCN(C(=O)c3ccc(Cl)cc3F)CC2)cc1F. The Bertz CT molecular complexity index is 896. The van der Waals surface area contributed by atoms with Crippen LogP contribution in [-0.4, -0.2) is 29.8 Å². The number of likely N-dealkylation sites (tertiary alicyclic amines) is 1. The summed E-state index contributed by atoms with van der Waals surface area (Å²) in [6, 6.07) is 8.84. The molecule has 0 radical (unpaired) electrons. The lowest BCUT2D eigenvalue weighted by Gasteiger charge is -2.31. The van der Waals surface area contributed by atoms with Gasteiger partial charge in [-0.3, -0.25) is 9.59 Å². The summed E-state index contributed by atoms with van der Waals surface area (Å²) < 4.78 is 27.5. The van der Waals surface area contributed by atoms with E-state index in [-0.39, 0.29) is 34.8 Å². The molecule has 1 saturated heterocycles. The van der Waals surface area contributed by atoms with Gasteiger partial charge >= 0.3 is 0 Å². The molecule has 1 aliphatic rings. The van der Waals surface area contributed by atoms with E-state index in [0.29, 0.717) is 37.1 Å². The first-order valence-electron chi connectivity index (χ1n) is 9.12. The highest BCUT2D eigenvalue weighted by molar-refractivity contribution is 6.30. The van der Waals surface area contributed by atoms with Gasteiger partial charge in [-0.25, -0.2) is 8.78 Å². The number of nitrogens with zero attached hydrogens (tertiary/aromatic N) is 1. The van der Waals surface area contributed by atoms with E-state index in [0.717, 1.165) is 6.07 Å². The van der Waals surface area contributed by atoms with Crippen molar-refractivity contribution in [3.05, 3.63) is 69.7 Å². The Morgan fingerprint density at radius 3 is 2.46 bits per heavy atom. The zero-order valence-corrected chi connectivity index (χ0v) is 16.2. The maximum absolute atomic E-state index is 14.0. The molecule has 2 amide bonds. The molecular weight excluding hydrogens is 386 g/mol. The fourth-order valence-corrected chi connectivity index (χ4v) is 3.42. The Balaban J connectivity index is 1.52. The summed E-state index contributed by atoms with van der Waals surface area (Å²) in [7, 11) is 0. The summed E-state index contributed by atoms with van der Waals surface area (Å²) in [4.78, 5) is 26.4. The molecule has 4 nitrogen and oxygen atoms in total. The first-order valence-corrected chi connectivity index (χ1v) is 9.50. The molecule has 0 unspecified atom stereocenters. The minimum absolute atomic E-state index is 0.0197. The Hall–Kier alpha value is -2.47. The minimum Gasteiger partial charge on any atom is -0.352 e. The van der Waals surface area contributed by atoms with Crippen LogP contribution in [0.15, 0.2) is 36.4 Å². The number of amides is 2. The quantitative estimate of drug-likeness (QED) is 0.831. The van der Waals surface area contributed by atoms with E-state index >= 15 is 0 Å². The van der Waals surface area contributed by atoms with Crippen LogP contribution < -0.4 is 5.32 Å². The van der Waals surface area contributed by atoms with E-state index in [2.05, 4.69) is 5.32 Å². The number of rotatable bonds is 4. The first kappa shape index (κ1) is 20.3. The molecule has 0 atom stereocenters. The van der Waals surface area contributed by atoms with Gasteiger partial charge in [0.1, 0.15) is 11.6 Å². The van der Waals surface area contributed by atoms with Gasteiger partial charge in [0, 0.05) is 30.6 Å². The van der Waals surface area contributed by atoms with Crippen molar-refractivity contribution in [3.63, 3.8) is 0 Å². The molecule has 1 heterocycles. The van der Waals surface area contributed by atoms with Gasteiger partial charge in [0.25, 0.3) is 5.91 Å². The third kappa shape index (κ3) is 4.68. The fourth-order valence-electron chi connectivity index (χ4n) is 3.26. The van der Waals surface area contributed by atoms with Gasteiger partial charge in [-0.15, -0.1) is 0 Å². The van der Waals surface area contributed by atoms with Crippen molar-refractivity contribution in [1.29, 1.82) is 0 Å². The molecule has 1 aliphatic heterocycles. The molecule has 2 aromatic carbocycles. The molecule has 1 fully saturated rings. The minimum atomic E-state index is -0.650. The van der Waals surface area contributed by atoms with Gasteiger partial charge in [0.2, 0.25) is 5.91 Å². The highest BCUT2D eigenvalue weighted by atomic mass is 35.5. The summed E-state index contributed by atoms with van der Waals surface area (Å²) in [5, 5.41) is 3.06. The van der Waals surface area contributed by atoms with Gasteiger partial charge in [0.15, 0.2) is 0 Å². The second kappa shape index (κ2) is 8.69. The van der Waals surface area contributed by atoms with E-state index < -0.39 is 11.7 Å². The Morgan fingerprint density at radius 1 is 1.11 bits per heavy atom. The number of aryl methyl sites for hydroxylation is 1. The lowest BCUT2D eigenvalue weighted by molar-refractivity contribution is -0.126. The predicted molar refractivity (Wildman–Crippen MR) is 103 cm³/mol. The molecule has 0 bridgehead atoms. The number of hydrogen-bond donors (Lipinski definition) is 1. The maximum Gasteiger partial charge on any atom is 0.256 e. The monoisotopic (exact) mass is 406 g/mol. The molecule has 3 rings (SSSR count). The third-order valence-electron chi connectivity index (χ3n) is 5.02. The van der Waals surface area contributed by atoms with Crippen LogP contribution in [-0.2, 0) is 11.3 Å². The average molecular weight is 407 g/mol. The molecule has 0 spiro atoms. The molecule has 148 valence electrons. The van der Waals surface area contributed by atoms with Crippen molar-refractivity contribution >= 4 is 23.4 Å². The van der Waals surface area contributed by atoms with Crippen molar-refractivity contribution < 1.29 is 18.4 Å². The number of hydrogen-bond acceptors (Lipinski definition) is 2. The number of benzene rings is 2. The van der Waals surface area contributed by atoms with Gasteiger partial charge in [-0.05, 0) is 55.2 Å². The average Bonchev–Trinajstić information content (AvgIpc) is 2.68. The van der Waals surface area contributed by atoms with Gasteiger partial charge in [-0.2, -0.15) is 0 Å². The Morgan fingerprint density at radius 2 is 1.82 bits per heavy atom. The standard InChI is InChI=1S/C21H21ClF2N2O2/c1-13-2-3-14(10-18(13)23)12-25-20(27)15-6-8-26(9-7-15)21(28)17-5-4-16(22)11-19(17)24/h2-5,10-11,15H,6-9,12H2,1H3,(H,25,27). The smallest absolute Gasteiger partial charge is 0.256 e. The Kier molecular flexibility index (Phi) is 6.29. The van der Waals surface area contributed by atoms with Crippen LogP contribution in [0.2, 0.25) is 5.02 Å². The van der Waals surface area contributed by atoms with Crippen LogP contribution in [0.3, 0.4) is 0 Å². The van der Waals surface area contributed by atoms with Gasteiger partial charge in [0.05, 0.1) is 5.56 Å². The summed E-state index contributed by atoms with van der Waals surface area (Å²) in [5.41, 5.74) is 1.24. The lowest BCUT2D eigenvalue weighted by atomic mass is 9.95. The largest absolute Gasteiger partial charge is 0.352 e. The van der Waals surface area contributed by atoms with Crippen LogP contribution in [0.4, 0.5) is 8.78 Å². The van der Waals surface area contributed by atoms with Crippen LogP contribution in [0.25, 0.3) is 0 Å². The van der Waals surface area contributed by atoms with Crippen LogP contribution in [0, 0.1) is 24.5 Å². The highest BCUT2D eigenvalue weighted by Crippen LogP contribution is 2.22. The van der Waals surface area contributed by atoms with Crippen LogP contribution in [0.5, 0.6) is 0 Å². The normalized spacial score (nSPS) is 14.8. The topological polar surface area (TPSA) is 49.4 Å². The van der Waals surface area contributed by atoms with E-state index in [1.54, 1.807) is 24.0 Å².